The van der Waals surface area contributed by atoms with Gasteiger partial charge in [0.2, 0.25) is 0 Å². The summed E-state index contributed by atoms with van der Waals surface area (Å²) in [5.74, 6) is -0.190. The van der Waals surface area contributed by atoms with Gasteiger partial charge in [0.25, 0.3) is 5.79 Å². The Hall–Kier alpha value is -4.65. The van der Waals surface area contributed by atoms with Crippen LogP contribution in [0, 0.1) is 5.82 Å². The second kappa shape index (κ2) is 12.1. The zero-order valence-corrected chi connectivity index (χ0v) is 27.3. The minimum Gasteiger partial charge on any atom is -0.465 e. The number of hydrogen-bond donors (Lipinski definition) is 0. The molecule has 0 bridgehead atoms. The van der Waals surface area contributed by atoms with Gasteiger partial charge in [0.05, 0.1) is 73.3 Å². The van der Waals surface area contributed by atoms with Gasteiger partial charge in [-0.25, -0.2) is 14.2 Å². The molecule has 3 atom stereocenters. The van der Waals surface area contributed by atoms with Crippen LogP contribution in [0.3, 0.4) is 0 Å². The van der Waals surface area contributed by atoms with Crippen molar-refractivity contribution in [3.63, 3.8) is 0 Å². The second-order valence-corrected chi connectivity index (χ2v) is 12.8. The molecule has 8 rings (SSSR count). The number of para-hydroxylation sites is 1. The fourth-order valence-corrected chi connectivity index (χ4v) is 7.31. The van der Waals surface area contributed by atoms with Crippen LogP contribution in [-0.2, 0) is 34.9 Å². The highest BCUT2D eigenvalue weighted by Crippen LogP contribution is 2.51. The number of piperazine rings is 1. The molecule has 248 valence electrons. The maximum absolute atomic E-state index is 15.0. The van der Waals surface area contributed by atoms with Crippen molar-refractivity contribution in [1.82, 2.24) is 24.2 Å². The average Bonchev–Trinajstić information content (AvgIpc) is 3.89. The molecule has 3 aliphatic heterocycles. The lowest BCUT2D eigenvalue weighted by Gasteiger charge is -2.44. The van der Waals surface area contributed by atoms with Crippen molar-refractivity contribution in [2.24, 2.45) is 0 Å². The van der Waals surface area contributed by atoms with Gasteiger partial charge in [0.1, 0.15) is 11.6 Å². The molecular weight excluding hydrogens is 639 g/mol. The maximum atomic E-state index is 15.0. The Labute approximate surface area is 281 Å². The predicted octanol–water partition coefficient (Wildman–Crippen LogP) is 5.25. The zero-order chi connectivity index (χ0) is 33.0. The molecule has 2 aromatic heterocycles. The van der Waals surface area contributed by atoms with Gasteiger partial charge >= 0.3 is 5.97 Å². The molecule has 3 aromatic carbocycles. The molecule has 0 unspecified atom stereocenters. The SMILES string of the molecule is COC(=O)c1ccc2nc(CN3CCN(c4cccc5c4O[C@@](C)(c4ccc(Cl)cc4F)O5)[C@@H]4COC[C@@H]43)n(CCn3cccn3)c2c1. The Morgan fingerprint density at radius 3 is 2.75 bits per heavy atom. The summed E-state index contributed by atoms with van der Waals surface area (Å²) in [7, 11) is 1.38. The summed E-state index contributed by atoms with van der Waals surface area (Å²) in [6.07, 6.45) is 3.69. The molecule has 2 saturated heterocycles. The fourth-order valence-electron chi connectivity index (χ4n) is 7.15. The Morgan fingerprint density at radius 1 is 1.06 bits per heavy atom. The van der Waals surface area contributed by atoms with E-state index in [2.05, 4.69) is 19.5 Å². The number of anilines is 1. The van der Waals surface area contributed by atoms with Crippen molar-refractivity contribution in [3.05, 3.63) is 101 Å². The van der Waals surface area contributed by atoms with E-state index < -0.39 is 11.6 Å². The van der Waals surface area contributed by atoms with Crippen LogP contribution in [0.1, 0.15) is 28.7 Å². The topological polar surface area (TPSA) is 96.1 Å². The number of halogens is 2. The summed E-state index contributed by atoms with van der Waals surface area (Å²) < 4.78 is 42.8. The zero-order valence-electron chi connectivity index (χ0n) is 26.5. The number of esters is 1. The van der Waals surface area contributed by atoms with E-state index in [9.17, 15) is 4.79 Å². The van der Waals surface area contributed by atoms with E-state index in [1.165, 1.54) is 13.2 Å². The molecule has 0 N–H and O–H groups in total. The number of hydrogen-bond acceptors (Lipinski definition) is 9. The molecule has 0 saturated carbocycles. The van der Waals surface area contributed by atoms with Crippen molar-refractivity contribution >= 4 is 34.3 Å². The number of fused-ring (bicyclic) bond motifs is 3. The Bertz CT molecular complexity index is 2000. The summed E-state index contributed by atoms with van der Waals surface area (Å²) in [5, 5.41) is 4.68. The first-order valence-electron chi connectivity index (χ1n) is 15.9. The fraction of sp³-hybridized carbons (Fsp3) is 0.343. The van der Waals surface area contributed by atoms with Gasteiger partial charge in [-0.05, 0) is 54.6 Å². The molecule has 13 heteroatoms. The van der Waals surface area contributed by atoms with Crippen LogP contribution in [0.4, 0.5) is 10.1 Å². The number of benzene rings is 3. The Morgan fingerprint density at radius 2 is 1.94 bits per heavy atom. The molecule has 0 spiro atoms. The standard InChI is InChI=1S/C35H34ClFN6O5/c1-35(24-9-8-23(36)18-25(24)37)47-31-6-3-5-27(33(31)48-35)42-15-13-40(29-20-46-21-30(29)42)19-32-39-26-10-7-22(34(44)45-2)17-28(26)43(32)16-14-41-12-4-11-38-41/h3-12,17-18,29-30H,13-16,19-21H2,1-2H3/t29-,30+,35-/m0/s1. The Balaban J connectivity index is 1.07. The smallest absolute Gasteiger partial charge is 0.337 e. The summed E-state index contributed by atoms with van der Waals surface area (Å²) in [5.41, 5.74) is 3.32. The van der Waals surface area contributed by atoms with Crippen molar-refractivity contribution < 1.29 is 28.1 Å². The first-order valence-corrected chi connectivity index (χ1v) is 16.3. The average molecular weight is 673 g/mol. The first-order chi connectivity index (χ1) is 23.3. The van der Waals surface area contributed by atoms with Crippen LogP contribution in [0.15, 0.2) is 73.1 Å². The third-order valence-corrected chi connectivity index (χ3v) is 9.75. The largest absolute Gasteiger partial charge is 0.465 e. The summed E-state index contributed by atoms with van der Waals surface area (Å²) in [6, 6.07) is 17.8. The van der Waals surface area contributed by atoms with Crippen LogP contribution in [0.2, 0.25) is 5.02 Å². The molecule has 5 heterocycles. The quantitative estimate of drug-likeness (QED) is 0.205. The van der Waals surface area contributed by atoms with Crippen LogP contribution in [0.5, 0.6) is 11.5 Å². The first kappa shape index (κ1) is 30.7. The highest BCUT2D eigenvalue weighted by Gasteiger charge is 2.46. The lowest BCUT2D eigenvalue weighted by molar-refractivity contribution is -0.0705. The molecule has 0 radical (unpaired) electrons. The highest BCUT2D eigenvalue weighted by molar-refractivity contribution is 6.30. The number of rotatable bonds is 8. The summed E-state index contributed by atoms with van der Waals surface area (Å²) in [4.78, 5) is 22.2. The third-order valence-electron chi connectivity index (χ3n) is 9.51. The van der Waals surface area contributed by atoms with Crippen molar-refractivity contribution in [1.29, 1.82) is 0 Å². The number of carbonyl (C=O) groups is 1. The number of nitrogens with zero attached hydrogens (tertiary/aromatic N) is 6. The van der Waals surface area contributed by atoms with E-state index in [0.29, 0.717) is 61.5 Å². The number of methoxy groups -OCH3 is 1. The number of carbonyl (C=O) groups excluding carboxylic acids is 1. The molecular formula is C35H34ClFN6O5. The molecule has 48 heavy (non-hydrogen) atoms. The third kappa shape index (κ3) is 5.33. The van der Waals surface area contributed by atoms with Crippen LogP contribution in [-0.4, -0.2) is 75.7 Å². The number of imidazole rings is 1. The van der Waals surface area contributed by atoms with Crippen LogP contribution >= 0.6 is 11.6 Å². The van der Waals surface area contributed by atoms with E-state index in [1.54, 1.807) is 31.3 Å². The van der Waals surface area contributed by atoms with Crippen molar-refractivity contribution in [3.8, 4) is 11.5 Å². The van der Waals surface area contributed by atoms with Crippen molar-refractivity contribution in [2.75, 3.05) is 38.3 Å². The van der Waals surface area contributed by atoms with Crippen LogP contribution < -0.4 is 14.4 Å². The number of ether oxygens (including phenoxy) is 4. The van der Waals surface area contributed by atoms with Gasteiger partial charge in [-0.1, -0.05) is 17.7 Å². The maximum Gasteiger partial charge on any atom is 0.337 e. The molecule has 0 amide bonds. The van der Waals surface area contributed by atoms with E-state index >= 15 is 4.39 Å². The van der Waals surface area contributed by atoms with E-state index in [1.807, 2.05) is 47.3 Å². The number of aromatic nitrogens is 4. The van der Waals surface area contributed by atoms with Gasteiger partial charge in [0, 0.05) is 44.0 Å². The van der Waals surface area contributed by atoms with E-state index in [-0.39, 0.29) is 23.6 Å². The molecule has 11 nitrogen and oxygen atoms in total. The van der Waals surface area contributed by atoms with Gasteiger partial charge in [-0.15, -0.1) is 0 Å². The van der Waals surface area contributed by atoms with Gasteiger partial charge in [-0.3, -0.25) is 9.58 Å². The van der Waals surface area contributed by atoms with Gasteiger partial charge in [-0.2, -0.15) is 5.10 Å². The minimum atomic E-state index is -1.34. The lowest BCUT2D eigenvalue weighted by atomic mass is 10.0. The van der Waals surface area contributed by atoms with E-state index in [0.717, 1.165) is 29.1 Å². The molecule has 5 aromatic rings. The second-order valence-electron chi connectivity index (χ2n) is 12.4. The van der Waals surface area contributed by atoms with Gasteiger partial charge in [0.15, 0.2) is 11.5 Å². The minimum absolute atomic E-state index is 0.0424. The van der Waals surface area contributed by atoms with E-state index in [4.69, 9.17) is 35.5 Å². The molecule has 0 aliphatic carbocycles. The van der Waals surface area contributed by atoms with Crippen LogP contribution in [0.25, 0.3) is 11.0 Å². The summed E-state index contributed by atoms with van der Waals surface area (Å²) >= 11 is 6.02. The van der Waals surface area contributed by atoms with Gasteiger partial charge < -0.3 is 28.4 Å². The predicted molar refractivity (Wildman–Crippen MR) is 176 cm³/mol. The lowest BCUT2D eigenvalue weighted by Crippen LogP contribution is -2.59. The molecule has 3 aliphatic rings. The monoisotopic (exact) mass is 672 g/mol. The Kier molecular flexibility index (Phi) is 7.73. The number of aryl methyl sites for hydroxylation is 2. The van der Waals surface area contributed by atoms with Crippen molar-refractivity contribution in [2.45, 2.75) is 44.4 Å². The molecule has 2 fully saturated rings. The summed E-state index contributed by atoms with van der Waals surface area (Å²) in [6.45, 7) is 6.16. The normalized spacial score (nSPS) is 22.0. The highest BCUT2D eigenvalue weighted by atomic mass is 35.5.